The van der Waals surface area contributed by atoms with Crippen molar-refractivity contribution in [3.05, 3.63) is 66.2 Å². The zero-order chi connectivity index (χ0) is 20.9. The lowest BCUT2D eigenvalue weighted by Gasteiger charge is -2.31. The normalized spacial score (nSPS) is 14.4. The molecule has 7 nitrogen and oxygen atoms in total. The molecular formula is C23H25N5O2. The van der Waals surface area contributed by atoms with Crippen LogP contribution in [-0.4, -0.2) is 38.8 Å². The van der Waals surface area contributed by atoms with Gasteiger partial charge in [0.25, 0.3) is 0 Å². The van der Waals surface area contributed by atoms with Crippen LogP contribution >= 0.6 is 0 Å². The van der Waals surface area contributed by atoms with Crippen LogP contribution in [0.3, 0.4) is 0 Å². The number of piperidine rings is 1. The number of benzene rings is 1. The van der Waals surface area contributed by atoms with Gasteiger partial charge < -0.3 is 15.0 Å². The number of likely N-dealkylation sites (tertiary alicyclic amines) is 1. The Morgan fingerprint density at radius 3 is 2.43 bits per heavy atom. The summed E-state index contributed by atoms with van der Waals surface area (Å²) in [6.45, 7) is 5.10. The number of hydrogen-bond acceptors (Lipinski definition) is 6. The van der Waals surface area contributed by atoms with Crippen LogP contribution in [0, 0.1) is 6.92 Å². The van der Waals surface area contributed by atoms with Gasteiger partial charge in [0, 0.05) is 50.2 Å². The first-order chi connectivity index (χ1) is 14.6. The number of carbonyl (C=O) groups excluding carboxylic acids is 1. The van der Waals surface area contributed by atoms with E-state index in [1.54, 1.807) is 19.3 Å². The molecule has 0 spiro atoms. The first kappa shape index (κ1) is 19.8. The van der Waals surface area contributed by atoms with E-state index in [1.807, 2.05) is 54.4 Å². The molecule has 0 aliphatic carbocycles. The van der Waals surface area contributed by atoms with Crippen LogP contribution in [0.1, 0.15) is 36.9 Å². The molecular weight excluding hydrogens is 378 g/mol. The number of rotatable bonds is 5. The van der Waals surface area contributed by atoms with Gasteiger partial charge in [0.2, 0.25) is 11.8 Å². The molecule has 0 atom stereocenters. The van der Waals surface area contributed by atoms with Crippen LogP contribution in [-0.2, 0) is 4.79 Å². The molecule has 3 aromatic rings. The molecule has 1 N–H and O–H groups in total. The third-order valence-corrected chi connectivity index (χ3v) is 5.27. The minimum atomic E-state index is 0.124. The lowest BCUT2D eigenvalue weighted by molar-refractivity contribution is -0.129. The van der Waals surface area contributed by atoms with E-state index in [-0.39, 0.29) is 11.8 Å². The smallest absolute Gasteiger partial charge is 0.241 e. The Balaban J connectivity index is 1.43. The Morgan fingerprint density at radius 2 is 1.77 bits per heavy atom. The summed E-state index contributed by atoms with van der Waals surface area (Å²) in [5, 5.41) is 3.27. The van der Waals surface area contributed by atoms with Crippen LogP contribution in [0.2, 0.25) is 0 Å². The number of nitrogens with one attached hydrogen (secondary N) is 1. The predicted octanol–water partition coefficient (Wildman–Crippen LogP) is 4.44. The zero-order valence-corrected chi connectivity index (χ0v) is 17.2. The molecule has 0 bridgehead atoms. The summed E-state index contributed by atoms with van der Waals surface area (Å²) in [4.78, 5) is 26.8. The van der Waals surface area contributed by atoms with Gasteiger partial charge in [-0.25, -0.2) is 9.97 Å². The van der Waals surface area contributed by atoms with Crippen LogP contribution in [0.25, 0.3) is 0 Å². The molecule has 1 amide bonds. The average molecular weight is 403 g/mol. The molecule has 1 aliphatic rings. The monoisotopic (exact) mass is 403 g/mol. The second kappa shape index (κ2) is 8.90. The first-order valence-electron chi connectivity index (χ1n) is 10.1. The maximum atomic E-state index is 11.6. The summed E-state index contributed by atoms with van der Waals surface area (Å²) < 4.78 is 6.06. The molecule has 3 heterocycles. The molecule has 7 heteroatoms. The van der Waals surface area contributed by atoms with Crippen molar-refractivity contribution in [3.8, 4) is 11.6 Å². The number of carbonyl (C=O) groups is 1. The fourth-order valence-corrected chi connectivity index (χ4v) is 3.57. The van der Waals surface area contributed by atoms with E-state index >= 15 is 0 Å². The van der Waals surface area contributed by atoms with Crippen LogP contribution in [0.5, 0.6) is 11.6 Å². The van der Waals surface area contributed by atoms with E-state index in [2.05, 4.69) is 20.3 Å². The van der Waals surface area contributed by atoms with Gasteiger partial charge in [0.1, 0.15) is 17.3 Å². The lowest BCUT2D eigenvalue weighted by atomic mass is 9.93. The Hall–Kier alpha value is -3.48. The third kappa shape index (κ3) is 4.74. The highest BCUT2D eigenvalue weighted by molar-refractivity contribution is 5.73. The number of amides is 1. The highest BCUT2D eigenvalue weighted by Gasteiger charge is 2.26. The molecule has 0 saturated carbocycles. The Morgan fingerprint density at radius 1 is 1.03 bits per heavy atom. The fraction of sp³-hybridized carbons (Fsp3) is 0.304. The molecule has 0 radical (unpaired) electrons. The molecule has 154 valence electrons. The third-order valence-electron chi connectivity index (χ3n) is 5.27. The SMILES string of the molecule is CC(=O)N1CCC(c2nccnc2Oc2ccc(Nc3ccc(C)cn3)cc2)CC1. The van der Waals surface area contributed by atoms with E-state index in [9.17, 15) is 4.79 Å². The summed E-state index contributed by atoms with van der Waals surface area (Å²) in [5.74, 6) is 2.37. The van der Waals surface area contributed by atoms with Crippen molar-refractivity contribution in [2.24, 2.45) is 0 Å². The second-order valence-corrected chi connectivity index (χ2v) is 7.50. The van der Waals surface area contributed by atoms with E-state index < -0.39 is 0 Å². The van der Waals surface area contributed by atoms with Gasteiger partial charge >= 0.3 is 0 Å². The van der Waals surface area contributed by atoms with Crippen molar-refractivity contribution < 1.29 is 9.53 Å². The quantitative estimate of drug-likeness (QED) is 0.678. The van der Waals surface area contributed by atoms with Gasteiger partial charge in [-0.1, -0.05) is 6.07 Å². The summed E-state index contributed by atoms with van der Waals surface area (Å²) in [6.07, 6.45) is 6.89. The van der Waals surface area contributed by atoms with Crippen LogP contribution < -0.4 is 10.1 Å². The molecule has 30 heavy (non-hydrogen) atoms. The maximum absolute atomic E-state index is 11.6. The Kier molecular flexibility index (Phi) is 5.88. The van der Waals surface area contributed by atoms with Gasteiger partial charge in [0.05, 0.1) is 0 Å². The summed E-state index contributed by atoms with van der Waals surface area (Å²) in [6, 6.07) is 11.6. The van der Waals surface area contributed by atoms with E-state index in [1.165, 1.54) is 0 Å². The molecule has 1 aliphatic heterocycles. The summed E-state index contributed by atoms with van der Waals surface area (Å²) in [7, 11) is 0. The number of ether oxygens (including phenoxy) is 1. The van der Waals surface area contributed by atoms with Gasteiger partial charge in [-0.2, -0.15) is 0 Å². The van der Waals surface area contributed by atoms with Crippen LogP contribution in [0.15, 0.2) is 55.0 Å². The average Bonchev–Trinajstić information content (AvgIpc) is 2.77. The molecule has 2 aromatic heterocycles. The lowest BCUT2D eigenvalue weighted by Crippen LogP contribution is -2.36. The zero-order valence-electron chi connectivity index (χ0n) is 17.2. The number of aryl methyl sites for hydroxylation is 1. The van der Waals surface area contributed by atoms with Gasteiger partial charge in [-0.3, -0.25) is 9.78 Å². The highest BCUT2D eigenvalue weighted by atomic mass is 16.5. The van der Waals surface area contributed by atoms with E-state index in [4.69, 9.17) is 4.74 Å². The van der Waals surface area contributed by atoms with Crippen molar-refractivity contribution in [2.45, 2.75) is 32.6 Å². The van der Waals surface area contributed by atoms with Crippen molar-refractivity contribution in [1.82, 2.24) is 19.9 Å². The Bertz CT molecular complexity index is 997. The number of nitrogens with zero attached hydrogens (tertiary/aromatic N) is 4. The number of pyridine rings is 1. The highest BCUT2D eigenvalue weighted by Crippen LogP contribution is 2.33. The number of aromatic nitrogens is 3. The maximum Gasteiger partial charge on any atom is 0.241 e. The fourth-order valence-electron chi connectivity index (χ4n) is 3.57. The summed E-state index contributed by atoms with van der Waals surface area (Å²) in [5.41, 5.74) is 2.90. The molecule has 4 rings (SSSR count). The topological polar surface area (TPSA) is 80.2 Å². The number of hydrogen-bond donors (Lipinski definition) is 1. The minimum absolute atomic E-state index is 0.124. The second-order valence-electron chi connectivity index (χ2n) is 7.50. The summed E-state index contributed by atoms with van der Waals surface area (Å²) >= 11 is 0. The van der Waals surface area contributed by atoms with Crippen molar-refractivity contribution >= 4 is 17.4 Å². The van der Waals surface area contributed by atoms with E-state index in [0.717, 1.165) is 48.7 Å². The molecule has 1 fully saturated rings. The Labute approximate surface area is 176 Å². The van der Waals surface area contributed by atoms with Crippen molar-refractivity contribution in [2.75, 3.05) is 18.4 Å². The standard InChI is InChI=1S/C23H25N5O2/c1-16-3-8-21(26-15-16)27-19-4-6-20(7-5-19)30-23-22(24-11-12-25-23)18-9-13-28(14-10-18)17(2)29/h3-8,11-12,15,18H,9-10,13-14H2,1-2H3,(H,26,27). The van der Waals surface area contributed by atoms with Crippen molar-refractivity contribution in [1.29, 1.82) is 0 Å². The molecule has 0 unspecified atom stereocenters. The first-order valence-corrected chi connectivity index (χ1v) is 10.1. The number of anilines is 2. The van der Waals surface area contributed by atoms with E-state index in [0.29, 0.717) is 11.6 Å². The van der Waals surface area contributed by atoms with Crippen LogP contribution in [0.4, 0.5) is 11.5 Å². The molecule has 1 aromatic carbocycles. The molecule has 1 saturated heterocycles. The largest absolute Gasteiger partial charge is 0.437 e. The van der Waals surface area contributed by atoms with Gasteiger partial charge in [-0.05, 0) is 55.7 Å². The minimum Gasteiger partial charge on any atom is -0.437 e. The van der Waals surface area contributed by atoms with Gasteiger partial charge in [-0.15, -0.1) is 0 Å². The van der Waals surface area contributed by atoms with Gasteiger partial charge in [0.15, 0.2) is 0 Å². The predicted molar refractivity (Wildman–Crippen MR) is 115 cm³/mol. The van der Waals surface area contributed by atoms with Crippen molar-refractivity contribution in [3.63, 3.8) is 0 Å².